The molecule has 1 saturated heterocycles. The van der Waals surface area contributed by atoms with Crippen molar-refractivity contribution in [1.82, 2.24) is 4.90 Å². The molecule has 0 saturated carbocycles. The number of hydrogen-bond acceptors (Lipinski definition) is 1. The Morgan fingerprint density at radius 2 is 2.29 bits per heavy atom. The van der Waals surface area contributed by atoms with Gasteiger partial charge in [-0.3, -0.25) is 4.79 Å². The van der Waals surface area contributed by atoms with Gasteiger partial charge in [0.1, 0.15) is 0 Å². The molecule has 2 aliphatic rings. The molecule has 1 fully saturated rings. The van der Waals surface area contributed by atoms with Crippen molar-refractivity contribution in [2.45, 2.75) is 32.6 Å². The molecule has 1 heterocycles. The van der Waals surface area contributed by atoms with Crippen LogP contribution < -0.4 is 0 Å². The van der Waals surface area contributed by atoms with Gasteiger partial charge in [-0.25, -0.2) is 0 Å². The van der Waals surface area contributed by atoms with Gasteiger partial charge in [0.2, 0.25) is 5.91 Å². The maximum absolute atomic E-state index is 11.9. The third-order valence-corrected chi connectivity index (χ3v) is 2.99. The Bertz CT molecular complexity index is 291. The highest BCUT2D eigenvalue weighted by Crippen LogP contribution is 2.23. The van der Waals surface area contributed by atoms with Crippen LogP contribution in [0, 0.1) is 5.92 Å². The molecule has 0 aromatic heterocycles. The highest BCUT2D eigenvalue weighted by atomic mass is 16.2. The standard InChI is InChI=1S/C12H17NO/c1-10-6-5-9-13(12(10)14)11-7-3-2-4-8-11/h3,7-8,10H,2,4-6,9H2,1H3. The largest absolute Gasteiger partial charge is 0.313 e. The first-order valence-corrected chi connectivity index (χ1v) is 5.47. The maximum Gasteiger partial charge on any atom is 0.229 e. The van der Waals surface area contributed by atoms with Crippen molar-refractivity contribution in [2.24, 2.45) is 5.92 Å². The summed E-state index contributed by atoms with van der Waals surface area (Å²) in [7, 11) is 0. The number of carbonyl (C=O) groups excluding carboxylic acids is 1. The van der Waals surface area contributed by atoms with Crippen LogP contribution in [0.15, 0.2) is 23.9 Å². The summed E-state index contributed by atoms with van der Waals surface area (Å²) < 4.78 is 0. The highest BCUT2D eigenvalue weighted by molar-refractivity contribution is 5.81. The molecule has 1 aliphatic carbocycles. The smallest absolute Gasteiger partial charge is 0.229 e. The van der Waals surface area contributed by atoms with Crippen LogP contribution >= 0.6 is 0 Å². The molecule has 1 amide bonds. The Hall–Kier alpha value is -1.05. The number of rotatable bonds is 1. The minimum atomic E-state index is 0.208. The van der Waals surface area contributed by atoms with Crippen molar-refractivity contribution in [3.05, 3.63) is 23.9 Å². The molecule has 1 unspecified atom stereocenters. The summed E-state index contributed by atoms with van der Waals surface area (Å²) >= 11 is 0. The Balaban J connectivity index is 2.12. The molecule has 1 atom stereocenters. The van der Waals surface area contributed by atoms with E-state index < -0.39 is 0 Å². The zero-order valence-corrected chi connectivity index (χ0v) is 8.70. The van der Waals surface area contributed by atoms with E-state index in [0.717, 1.165) is 37.9 Å². The summed E-state index contributed by atoms with van der Waals surface area (Å²) in [5.41, 5.74) is 1.12. The lowest BCUT2D eigenvalue weighted by molar-refractivity contribution is -0.135. The fourth-order valence-electron chi connectivity index (χ4n) is 2.11. The van der Waals surface area contributed by atoms with E-state index in [1.165, 1.54) is 0 Å². The molecule has 76 valence electrons. The van der Waals surface area contributed by atoms with Crippen LogP contribution in [0.5, 0.6) is 0 Å². The number of hydrogen-bond donors (Lipinski definition) is 0. The minimum absolute atomic E-state index is 0.208. The van der Waals surface area contributed by atoms with Gasteiger partial charge >= 0.3 is 0 Å². The second-order valence-corrected chi connectivity index (χ2v) is 4.14. The second-order valence-electron chi connectivity index (χ2n) is 4.14. The Morgan fingerprint density at radius 1 is 1.43 bits per heavy atom. The molecule has 14 heavy (non-hydrogen) atoms. The molecule has 1 aliphatic heterocycles. The second kappa shape index (κ2) is 3.99. The van der Waals surface area contributed by atoms with Gasteiger partial charge in [0.25, 0.3) is 0 Å². The van der Waals surface area contributed by atoms with Crippen molar-refractivity contribution in [1.29, 1.82) is 0 Å². The molecule has 0 spiro atoms. The van der Waals surface area contributed by atoms with E-state index in [2.05, 4.69) is 18.2 Å². The normalized spacial score (nSPS) is 27.8. The third kappa shape index (κ3) is 1.74. The van der Waals surface area contributed by atoms with E-state index in [0.29, 0.717) is 5.91 Å². The summed E-state index contributed by atoms with van der Waals surface area (Å²) in [4.78, 5) is 13.8. The van der Waals surface area contributed by atoms with Gasteiger partial charge in [-0.2, -0.15) is 0 Å². The number of likely N-dealkylation sites (tertiary alicyclic amines) is 1. The molecule has 0 N–H and O–H groups in total. The quantitative estimate of drug-likeness (QED) is 0.623. The molecule has 0 bridgehead atoms. The van der Waals surface area contributed by atoms with Crippen LogP contribution in [0.1, 0.15) is 32.6 Å². The van der Waals surface area contributed by atoms with Gasteiger partial charge in [-0.1, -0.05) is 19.1 Å². The van der Waals surface area contributed by atoms with Crippen LogP contribution in [0.2, 0.25) is 0 Å². The number of nitrogens with zero attached hydrogens (tertiary/aromatic N) is 1. The summed E-state index contributed by atoms with van der Waals surface area (Å²) in [6.07, 6.45) is 10.8. The van der Waals surface area contributed by atoms with Crippen LogP contribution in [-0.2, 0) is 4.79 Å². The number of allylic oxidation sites excluding steroid dienone is 3. The molecular weight excluding hydrogens is 174 g/mol. The summed E-state index contributed by atoms with van der Waals surface area (Å²) in [5, 5.41) is 0. The van der Waals surface area contributed by atoms with E-state index in [1.54, 1.807) is 0 Å². The average Bonchev–Trinajstić information content (AvgIpc) is 2.23. The molecular formula is C12H17NO. The lowest BCUT2D eigenvalue weighted by atomic mass is 9.98. The zero-order chi connectivity index (χ0) is 9.97. The molecule has 0 aromatic rings. The van der Waals surface area contributed by atoms with Crippen molar-refractivity contribution >= 4 is 5.91 Å². The predicted molar refractivity (Wildman–Crippen MR) is 56.6 cm³/mol. The SMILES string of the molecule is CC1CCCN(C2=CCCC=C2)C1=O. The monoisotopic (exact) mass is 191 g/mol. The van der Waals surface area contributed by atoms with E-state index in [-0.39, 0.29) is 5.92 Å². The van der Waals surface area contributed by atoms with Crippen molar-refractivity contribution in [3.63, 3.8) is 0 Å². The molecule has 2 rings (SSSR count). The van der Waals surface area contributed by atoms with Crippen molar-refractivity contribution < 1.29 is 4.79 Å². The Morgan fingerprint density at radius 3 is 3.00 bits per heavy atom. The van der Waals surface area contributed by atoms with Gasteiger partial charge in [0, 0.05) is 18.2 Å². The molecule has 2 heteroatoms. The first-order valence-electron chi connectivity index (χ1n) is 5.47. The topological polar surface area (TPSA) is 20.3 Å². The lowest BCUT2D eigenvalue weighted by Crippen LogP contribution is -2.39. The number of carbonyl (C=O) groups is 1. The van der Waals surface area contributed by atoms with Gasteiger partial charge in [0.05, 0.1) is 0 Å². The van der Waals surface area contributed by atoms with E-state index in [1.807, 2.05) is 11.8 Å². The van der Waals surface area contributed by atoms with Crippen molar-refractivity contribution in [2.75, 3.05) is 6.54 Å². The average molecular weight is 191 g/mol. The number of piperidine rings is 1. The number of amides is 1. The van der Waals surface area contributed by atoms with E-state index in [4.69, 9.17) is 0 Å². The van der Waals surface area contributed by atoms with Crippen LogP contribution in [0.4, 0.5) is 0 Å². The zero-order valence-electron chi connectivity index (χ0n) is 8.70. The minimum Gasteiger partial charge on any atom is -0.313 e. The first kappa shape index (κ1) is 9.50. The molecule has 0 aromatic carbocycles. The Labute approximate surface area is 85.3 Å². The first-order chi connectivity index (χ1) is 6.79. The molecule has 0 radical (unpaired) electrons. The predicted octanol–water partition coefficient (Wildman–Crippen LogP) is 2.48. The van der Waals surface area contributed by atoms with Gasteiger partial charge < -0.3 is 4.90 Å². The summed E-state index contributed by atoms with van der Waals surface area (Å²) in [5.74, 6) is 0.508. The fraction of sp³-hybridized carbons (Fsp3) is 0.583. The summed E-state index contributed by atoms with van der Waals surface area (Å²) in [6.45, 7) is 2.93. The van der Waals surface area contributed by atoms with Gasteiger partial charge in [-0.15, -0.1) is 0 Å². The van der Waals surface area contributed by atoms with Gasteiger partial charge in [0.15, 0.2) is 0 Å². The van der Waals surface area contributed by atoms with Crippen LogP contribution in [0.3, 0.4) is 0 Å². The maximum atomic E-state index is 11.9. The van der Waals surface area contributed by atoms with Crippen LogP contribution in [0.25, 0.3) is 0 Å². The van der Waals surface area contributed by atoms with E-state index >= 15 is 0 Å². The lowest BCUT2D eigenvalue weighted by Gasteiger charge is -2.32. The fourth-order valence-corrected chi connectivity index (χ4v) is 2.11. The highest BCUT2D eigenvalue weighted by Gasteiger charge is 2.26. The van der Waals surface area contributed by atoms with E-state index in [9.17, 15) is 4.79 Å². The summed E-state index contributed by atoms with van der Waals surface area (Å²) in [6, 6.07) is 0. The third-order valence-electron chi connectivity index (χ3n) is 2.99. The Kier molecular flexibility index (Phi) is 2.71. The molecule has 2 nitrogen and oxygen atoms in total. The van der Waals surface area contributed by atoms with Crippen molar-refractivity contribution in [3.8, 4) is 0 Å². The van der Waals surface area contributed by atoms with Gasteiger partial charge in [-0.05, 0) is 31.8 Å². The van der Waals surface area contributed by atoms with Crippen LogP contribution in [-0.4, -0.2) is 17.4 Å².